The van der Waals surface area contributed by atoms with Crippen molar-refractivity contribution < 1.29 is 9.84 Å². The van der Waals surface area contributed by atoms with Crippen LogP contribution in [0.4, 0.5) is 0 Å². The van der Waals surface area contributed by atoms with Crippen LogP contribution in [0.2, 0.25) is 0 Å². The lowest BCUT2D eigenvalue weighted by Crippen LogP contribution is -2.20. The molecule has 0 unspecified atom stereocenters. The average Bonchev–Trinajstić information content (AvgIpc) is 2.95. The fraction of sp³-hybridized carbons (Fsp3) is 0.200. The second-order valence-electron chi connectivity index (χ2n) is 4.50. The Bertz CT molecular complexity index is 702. The lowest BCUT2D eigenvalue weighted by molar-refractivity contribution is 0.126. The quantitative estimate of drug-likeness (QED) is 0.708. The SMILES string of the molecule is O[C@H](COc1ccccc1)CSc1nnc2ccccn12. The van der Waals surface area contributed by atoms with Crippen LogP contribution in [-0.4, -0.2) is 38.2 Å². The van der Waals surface area contributed by atoms with E-state index in [4.69, 9.17) is 4.74 Å². The largest absolute Gasteiger partial charge is 0.491 e. The molecule has 5 nitrogen and oxygen atoms in total. The summed E-state index contributed by atoms with van der Waals surface area (Å²) in [5.74, 6) is 1.26. The molecule has 108 valence electrons. The van der Waals surface area contributed by atoms with Gasteiger partial charge >= 0.3 is 0 Å². The Morgan fingerprint density at radius 1 is 1.10 bits per heavy atom. The topological polar surface area (TPSA) is 59.7 Å². The number of thioether (sulfide) groups is 1. The van der Waals surface area contributed by atoms with Crippen LogP contribution in [0.15, 0.2) is 59.9 Å². The van der Waals surface area contributed by atoms with E-state index in [0.29, 0.717) is 5.75 Å². The van der Waals surface area contributed by atoms with Crippen LogP contribution in [0.25, 0.3) is 5.65 Å². The minimum atomic E-state index is -0.564. The molecule has 0 fully saturated rings. The molecule has 0 radical (unpaired) electrons. The van der Waals surface area contributed by atoms with E-state index in [1.54, 1.807) is 0 Å². The Morgan fingerprint density at radius 3 is 2.76 bits per heavy atom. The summed E-state index contributed by atoms with van der Waals surface area (Å²) in [5, 5.41) is 18.9. The fourth-order valence-electron chi connectivity index (χ4n) is 1.85. The predicted molar refractivity (Wildman–Crippen MR) is 81.7 cm³/mol. The van der Waals surface area contributed by atoms with Crippen LogP contribution in [0.3, 0.4) is 0 Å². The van der Waals surface area contributed by atoms with Gasteiger partial charge in [0, 0.05) is 11.9 Å². The van der Waals surface area contributed by atoms with E-state index in [-0.39, 0.29) is 6.61 Å². The van der Waals surface area contributed by atoms with Gasteiger partial charge < -0.3 is 9.84 Å². The van der Waals surface area contributed by atoms with Gasteiger partial charge in [0.15, 0.2) is 10.8 Å². The molecule has 0 amide bonds. The summed E-state index contributed by atoms with van der Waals surface area (Å²) < 4.78 is 7.42. The zero-order valence-corrected chi connectivity index (χ0v) is 12.1. The maximum Gasteiger partial charge on any atom is 0.195 e. The number of ether oxygens (including phenoxy) is 1. The van der Waals surface area contributed by atoms with Crippen molar-refractivity contribution in [2.75, 3.05) is 12.4 Å². The lowest BCUT2D eigenvalue weighted by Gasteiger charge is -2.11. The Kier molecular flexibility index (Phi) is 4.37. The molecular formula is C15H15N3O2S. The summed E-state index contributed by atoms with van der Waals surface area (Å²) in [6.45, 7) is 0.258. The molecule has 0 spiro atoms. The maximum absolute atomic E-state index is 9.98. The molecule has 0 bridgehead atoms. The molecule has 3 aromatic rings. The molecule has 21 heavy (non-hydrogen) atoms. The Morgan fingerprint density at radius 2 is 1.90 bits per heavy atom. The zero-order chi connectivity index (χ0) is 14.5. The molecule has 0 saturated carbocycles. The fourth-order valence-corrected chi connectivity index (χ4v) is 2.68. The molecule has 1 aromatic carbocycles. The van der Waals surface area contributed by atoms with E-state index in [0.717, 1.165) is 16.6 Å². The maximum atomic E-state index is 9.98. The van der Waals surface area contributed by atoms with E-state index in [1.165, 1.54) is 11.8 Å². The summed E-state index contributed by atoms with van der Waals surface area (Å²) in [6, 6.07) is 15.2. The molecule has 3 rings (SSSR count). The summed E-state index contributed by atoms with van der Waals surface area (Å²) in [4.78, 5) is 0. The van der Waals surface area contributed by atoms with Crippen LogP contribution < -0.4 is 4.74 Å². The van der Waals surface area contributed by atoms with E-state index in [9.17, 15) is 5.11 Å². The van der Waals surface area contributed by atoms with Gasteiger partial charge in [-0.05, 0) is 24.3 Å². The molecule has 0 aliphatic rings. The standard InChI is InChI=1S/C15H15N3O2S/c19-12(10-20-13-6-2-1-3-7-13)11-21-15-17-16-14-8-4-5-9-18(14)15/h1-9,12,19H,10-11H2/t12-/m1/s1. The summed E-state index contributed by atoms with van der Waals surface area (Å²) in [6.07, 6.45) is 1.34. The van der Waals surface area contributed by atoms with Crippen molar-refractivity contribution in [1.29, 1.82) is 0 Å². The Hall–Kier alpha value is -2.05. The first-order valence-electron chi connectivity index (χ1n) is 6.61. The Balaban J connectivity index is 1.53. The minimum Gasteiger partial charge on any atom is -0.491 e. The second-order valence-corrected chi connectivity index (χ2v) is 5.49. The monoisotopic (exact) mass is 301 g/mol. The first kappa shape index (κ1) is 13.9. The van der Waals surface area contributed by atoms with Crippen LogP contribution in [0.1, 0.15) is 0 Å². The number of hydrogen-bond acceptors (Lipinski definition) is 5. The van der Waals surface area contributed by atoms with Crippen molar-refractivity contribution in [1.82, 2.24) is 14.6 Å². The van der Waals surface area contributed by atoms with Gasteiger partial charge in [0.1, 0.15) is 12.4 Å². The number of fused-ring (bicyclic) bond motifs is 1. The molecule has 2 heterocycles. The van der Waals surface area contributed by atoms with Crippen molar-refractivity contribution in [3.63, 3.8) is 0 Å². The van der Waals surface area contributed by atoms with Gasteiger partial charge in [-0.1, -0.05) is 36.0 Å². The molecular weight excluding hydrogens is 286 g/mol. The third-order valence-electron chi connectivity index (χ3n) is 2.87. The van der Waals surface area contributed by atoms with Crippen molar-refractivity contribution in [3.05, 3.63) is 54.7 Å². The average molecular weight is 301 g/mol. The number of para-hydroxylation sites is 1. The van der Waals surface area contributed by atoms with E-state index in [2.05, 4.69) is 10.2 Å². The van der Waals surface area contributed by atoms with Gasteiger partial charge in [-0.2, -0.15) is 0 Å². The number of hydrogen-bond donors (Lipinski definition) is 1. The molecule has 1 N–H and O–H groups in total. The van der Waals surface area contributed by atoms with Gasteiger partial charge in [0.2, 0.25) is 0 Å². The van der Waals surface area contributed by atoms with E-state index in [1.807, 2.05) is 59.1 Å². The molecule has 1 atom stereocenters. The highest BCUT2D eigenvalue weighted by Gasteiger charge is 2.10. The van der Waals surface area contributed by atoms with Crippen LogP contribution >= 0.6 is 11.8 Å². The van der Waals surface area contributed by atoms with E-state index < -0.39 is 6.10 Å². The number of pyridine rings is 1. The van der Waals surface area contributed by atoms with Crippen LogP contribution in [-0.2, 0) is 0 Å². The van der Waals surface area contributed by atoms with Gasteiger partial charge in [-0.15, -0.1) is 10.2 Å². The van der Waals surface area contributed by atoms with Crippen LogP contribution in [0, 0.1) is 0 Å². The molecule has 2 aromatic heterocycles. The molecule has 0 aliphatic carbocycles. The third kappa shape index (κ3) is 3.53. The highest BCUT2D eigenvalue weighted by molar-refractivity contribution is 7.99. The number of nitrogens with zero attached hydrogens (tertiary/aromatic N) is 3. The predicted octanol–water partition coefficient (Wildman–Crippen LogP) is 2.26. The first-order chi connectivity index (χ1) is 10.3. The van der Waals surface area contributed by atoms with Crippen molar-refractivity contribution in [2.45, 2.75) is 11.3 Å². The number of aromatic nitrogens is 3. The van der Waals surface area contributed by atoms with Crippen LogP contribution in [0.5, 0.6) is 5.75 Å². The highest BCUT2D eigenvalue weighted by Crippen LogP contribution is 2.18. The normalized spacial score (nSPS) is 12.4. The van der Waals surface area contributed by atoms with Gasteiger partial charge in [0.25, 0.3) is 0 Å². The summed E-state index contributed by atoms with van der Waals surface area (Å²) in [5.41, 5.74) is 0.801. The molecule has 0 aliphatic heterocycles. The Labute approximate surface area is 126 Å². The number of benzene rings is 1. The summed E-state index contributed by atoms with van der Waals surface area (Å²) in [7, 11) is 0. The first-order valence-corrected chi connectivity index (χ1v) is 7.60. The zero-order valence-electron chi connectivity index (χ0n) is 11.3. The smallest absolute Gasteiger partial charge is 0.195 e. The lowest BCUT2D eigenvalue weighted by atomic mass is 10.3. The molecule has 0 saturated heterocycles. The number of aliphatic hydroxyl groups is 1. The highest BCUT2D eigenvalue weighted by atomic mass is 32.2. The van der Waals surface area contributed by atoms with Crippen molar-refractivity contribution in [2.24, 2.45) is 0 Å². The van der Waals surface area contributed by atoms with Crippen molar-refractivity contribution in [3.8, 4) is 5.75 Å². The number of rotatable bonds is 6. The minimum absolute atomic E-state index is 0.258. The second kappa shape index (κ2) is 6.60. The van der Waals surface area contributed by atoms with E-state index >= 15 is 0 Å². The third-order valence-corrected chi connectivity index (χ3v) is 3.96. The molecule has 6 heteroatoms. The number of aliphatic hydroxyl groups excluding tert-OH is 1. The van der Waals surface area contributed by atoms with Crippen molar-refractivity contribution >= 4 is 17.4 Å². The van der Waals surface area contributed by atoms with Gasteiger partial charge in [-0.25, -0.2) is 0 Å². The summed E-state index contributed by atoms with van der Waals surface area (Å²) >= 11 is 1.46. The van der Waals surface area contributed by atoms with Gasteiger partial charge in [-0.3, -0.25) is 4.40 Å². The van der Waals surface area contributed by atoms with Gasteiger partial charge in [0.05, 0.1) is 6.10 Å².